The van der Waals surface area contributed by atoms with Gasteiger partial charge in [0.15, 0.2) is 12.2 Å². The van der Waals surface area contributed by atoms with E-state index in [2.05, 4.69) is 5.32 Å². The van der Waals surface area contributed by atoms with Crippen LogP contribution < -0.4 is 14.8 Å². The van der Waals surface area contributed by atoms with Crippen molar-refractivity contribution in [1.29, 1.82) is 5.26 Å². The van der Waals surface area contributed by atoms with Gasteiger partial charge in [-0.1, -0.05) is 0 Å². The zero-order valence-corrected chi connectivity index (χ0v) is 13.5. The van der Waals surface area contributed by atoms with Crippen molar-refractivity contribution in [3.05, 3.63) is 35.1 Å². The van der Waals surface area contributed by atoms with Gasteiger partial charge in [-0.05, 0) is 25.0 Å². The Morgan fingerprint density at radius 2 is 2.19 bits per heavy atom. The number of carbonyl (C=O) groups excluding carboxylic acids is 1. The van der Waals surface area contributed by atoms with Crippen LogP contribution in [-0.4, -0.2) is 30.4 Å². The summed E-state index contributed by atoms with van der Waals surface area (Å²) >= 11 is 0. The summed E-state index contributed by atoms with van der Waals surface area (Å²) in [6.07, 6.45) is -3.47. The van der Waals surface area contributed by atoms with E-state index in [1.54, 1.807) is 6.07 Å². The predicted molar refractivity (Wildman–Crippen MR) is 82.4 cm³/mol. The van der Waals surface area contributed by atoms with E-state index in [1.165, 1.54) is 18.2 Å². The number of aliphatic hydroxyl groups is 1. The molecule has 0 saturated heterocycles. The molecule has 9 heteroatoms. The van der Waals surface area contributed by atoms with E-state index in [0.29, 0.717) is 25.0 Å². The van der Waals surface area contributed by atoms with Gasteiger partial charge in [-0.2, -0.15) is 18.4 Å². The van der Waals surface area contributed by atoms with Crippen molar-refractivity contribution in [2.45, 2.75) is 31.0 Å². The number of nitrogens with one attached hydrogen (secondary N) is 1. The third-order valence-corrected chi connectivity index (χ3v) is 4.33. The highest BCUT2D eigenvalue weighted by atomic mass is 19.4. The Morgan fingerprint density at radius 1 is 1.42 bits per heavy atom. The Bertz CT molecular complexity index is 813. The van der Waals surface area contributed by atoms with Gasteiger partial charge in [0.25, 0.3) is 5.91 Å². The van der Waals surface area contributed by atoms with Crippen LogP contribution in [0.2, 0.25) is 0 Å². The number of fused-ring (bicyclic) bond motifs is 2. The topological polar surface area (TPSA) is 91.6 Å². The molecule has 0 saturated carbocycles. The molecule has 1 aromatic carbocycles. The van der Waals surface area contributed by atoms with Crippen LogP contribution in [-0.2, 0) is 10.3 Å². The Kier molecular flexibility index (Phi) is 4.44. The molecule has 0 aromatic heterocycles. The van der Waals surface area contributed by atoms with Crippen LogP contribution in [0.5, 0.6) is 11.5 Å². The molecule has 138 valence electrons. The lowest BCUT2D eigenvalue weighted by atomic mass is 9.79. The van der Waals surface area contributed by atoms with Gasteiger partial charge in [0.1, 0.15) is 23.3 Å². The number of halogens is 3. The van der Waals surface area contributed by atoms with Crippen LogP contribution in [0.4, 0.5) is 13.2 Å². The van der Waals surface area contributed by atoms with Gasteiger partial charge in [0.05, 0.1) is 12.1 Å². The number of aliphatic hydroxyl groups excluding tert-OH is 1. The molecule has 6 nitrogen and oxygen atoms in total. The standard InChI is InChI=1S/C17H15F3N2O4/c18-17(19,20)9-26-10-2-3-12-14(6-10)25-5-1-4-16(12)7-13(23)11(8-21)15(24)22-16/h2-3,6,23H,1,4-5,7,9H2,(H,22,24)/t16-/m0/s1. The molecule has 2 N–H and O–H groups in total. The van der Waals surface area contributed by atoms with Crippen LogP contribution in [0, 0.1) is 11.3 Å². The van der Waals surface area contributed by atoms with E-state index < -0.39 is 24.2 Å². The van der Waals surface area contributed by atoms with Gasteiger partial charge in [-0.25, -0.2) is 0 Å². The van der Waals surface area contributed by atoms with E-state index in [1.807, 2.05) is 0 Å². The summed E-state index contributed by atoms with van der Waals surface area (Å²) < 4.78 is 47.3. The number of hydrogen-bond donors (Lipinski definition) is 2. The number of hydrogen-bond acceptors (Lipinski definition) is 5. The number of nitriles is 1. The highest BCUT2D eigenvalue weighted by Crippen LogP contribution is 2.44. The van der Waals surface area contributed by atoms with E-state index in [0.717, 1.165) is 0 Å². The molecule has 1 amide bonds. The normalized spacial score (nSPS) is 22.8. The fourth-order valence-corrected chi connectivity index (χ4v) is 3.22. The molecule has 2 aliphatic heterocycles. The highest BCUT2D eigenvalue weighted by molar-refractivity contribution is 5.99. The first kappa shape index (κ1) is 17.9. The van der Waals surface area contributed by atoms with Gasteiger partial charge in [-0.3, -0.25) is 4.79 Å². The van der Waals surface area contributed by atoms with Gasteiger partial charge in [0.2, 0.25) is 0 Å². The minimum absolute atomic E-state index is 0.000742. The summed E-state index contributed by atoms with van der Waals surface area (Å²) in [5, 5.41) is 21.8. The average Bonchev–Trinajstić information content (AvgIpc) is 2.72. The summed E-state index contributed by atoms with van der Waals surface area (Å²) in [5.41, 5.74) is -0.811. The van der Waals surface area contributed by atoms with Gasteiger partial charge in [0, 0.05) is 18.1 Å². The molecule has 0 bridgehead atoms. The fourth-order valence-electron chi connectivity index (χ4n) is 3.22. The summed E-state index contributed by atoms with van der Waals surface area (Å²) in [6, 6.07) is 5.87. The molecule has 2 aliphatic rings. The lowest BCUT2D eigenvalue weighted by molar-refractivity contribution is -0.153. The molecule has 3 rings (SSSR count). The number of rotatable bonds is 2. The maximum absolute atomic E-state index is 12.3. The lowest BCUT2D eigenvalue weighted by Crippen LogP contribution is -2.49. The molecule has 0 aliphatic carbocycles. The number of ether oxygens (including phenoxy) is 2. The maximum atomic E-state index is 12.3. The van der Waals surface area contributed by atoms with Gasteiger partial charge in [-0.15, -0.1) is 0 Å². The molecule has 0 unspecified atom stereocenters. The third kappa shape index (κ3) is 3.40. The van der Waals surface area contributed by atoms with E-state index in [-0.39, 0.29) is 29.3 Å². The van der Waals surface area contributed by atoms with Crippen molar-refractivity contribution >= 4 is 5.91 Å². The highest BCUT2D eigenvalue weighted by Gasteiger charge is 2.43. The number of carbonyl (C=O) groups is 1. The Morgan fingerprint density at radius 3 is 2.85 bits per heavy atom. The monoisotopic (exact) mass is 368 g/mol. The van der Waals surface area contributed by atoms with Crippen LogP contribution in [0.1, 0.15) is 24.8 Å². The largest absolute Gasteiger partial charge is 0.511 e. The predicted octanol–water partition coefficient (Wildman–Crippen LogP) is 2.85. The zero-order chi connectivity index (χ0) is 18.9. The summed E-state index contributed by atoms with van der Waals surface area (Å²) in [5.74, 6) is -0.753. The smallest absolute Gasteiger partial charge is 0.422 e. The molecular formula is C17H15F3N2O4. The quantitative estimate of drug-likeness (QED) is 0.838. The average molecular weight is 368 g/mol. The fraction of sp³-hybridized carbons (Fsp3) is 0.412. The zero-order valence-electron chi connectivity index (χ0n) is 13.5. The second kappa shape index (κ2) is 6.44. The molecule has 2 heterocycles. The number of benzene rings is 1. The van der Waals surface area contributed by atoms with Crippen LogP contribution in [0.15, 0.2) is 29.5 Å². The van der Waals surface area contributed by atoms with E-state index >= 15 is 0 Å². The van der Waals surface area contributed by atoms with Crippen LogP contribution in [0.3, 0.4) is 0 Å². The minimum Gasteiger partial charge on any atom is -0.511 e. The molecule has 26 heavy (non-hydrogen) atoms. The molecule has 1 spiro atoms. The van der Waals surface area contributed by atoms with Crippen LogP contribution >= 0.6 is 0 Å². The number of nitrogens with zero attached hydrogens (tertiary/aromatic N) is 1. The Hall–Kier alpha value is -2.89. The summed E-state index contributed by atoms with van der Waals surface area (Å²) in [4.78, 5) is 12.2. The SMILES string of the molecule is N#CC1=C(O)C[C@]2(CCCOc3cc(OCC(F)(F)F)ccc32)NC1=O. The first-order valence-corrected chi connectivity index (χ1v) is 7.86. The minimum atomic E-state index is -4.46. The van der Waals surface area contributed by atoms with Gasteiger partial charge < -0.3 is 19.9 Å². The first-order chi connectivity index (χ1) is 12.2. The second-order valence-corrected chi connectivity index (χ2v) is 6.16. The van der Waals surface area contributed by atoms with Crippen molar-refractivity contribution in [3.63, 3.8) is 0 Å². The van der Waals surface area contributed by atoms with Crippen molar-refractivity contribution in [2.75, 3.05) is 13.2 Å². The Labute approximate surface area is 146 Å². The van der Waals surface area contributed by atoms with E-state index in [4.69, 9.17) is 14.7 Å². The number of amides is 1. The lowest BCUT2D eigenvalue weighted by Gasteiger charge is -2.37. The molecule has 1 atom stereocenters. The molecular weight excluding hydrogens is 353 g/mol. The first-order valence-electron chi connectivity index (χ1n) is 7.86. The van der Waals surface area contributed by atoms with Crippen LogP contribution in [0.25, 0.3) is 0 Å². The summed E-state index contributed by atoms with van der Waals surface area (Å²) in [7, 11) is 0. The molecule has 0 radical (unpaired) electrons. The van der Waals surface area contributed by atoms with Gasteiger partial charge >= 0.3 is 6.18 Å². The van der Waals surface area contributed by atoms with Crippen molar-refractivity contribution in [2.24, 2.45) is 0 Å². The number of alkyl halides is 3. The van der Waals surface area contributed by atoms with Crippen molar-refractivity contribution < 1.29 is 32.5 Å². The molecule has 0 fully saturated rings. The second-order valence-electron chi connectivity index (χ2n) is 6.16. The summed E-state index contributed by atoms with van der Waals surface area (Å²) in [6.45, 7) is -1.13. The van der Waals surface area contributed by atoms with Crippen molar-refractivity contribution in [3.8, 4) is 17.6 Å². The third-order valence-electron chi connectivity index (χ3n) is 4.33. The van der Waals surface area contributed by atoms with E-state index in [9.17, 15) is 23.1 Å². The molecule has 1 aromatic rings. The maximum Gasteiger partial charge on any atom is 0.422 e. The van der Waals surface area contributed by atoms with Crippen molar-refractivity contribution in [1.82, 2.24) is 5.32 Å². The Balaban J connectivity index is 1.96.